The fraction of sp³-hybridized carbons (Fsp3) is 0.600. The second-order valence-corrected chi connectivity index (χ2v) is 5.44. The lowest BCUT2D eigenvalue weighted by Gasteiger charge is -2.16. The molecule has 0 amide bonds. The monoisotopic (exact) mass is 259 g/mol. The molecule has 3 atom stereocenters. The minimum absolute atomic E-state index is 0.263. The second-order valence-electron chi connectivity index (χ2n) is 5.44. The first-order valence-corrected chi connectivity index (χ1v) is 6.79. The predicted octanol–water partition coefficient (Wildman–Crippen LogP) is 2.80. The third-order valence-corrected chi connectivity index (χ3v) is 3.73. The number of aromatic nitrogens is 1. The smallest absolute Gasteiger partial charge is 0.144 e. The standard InChI is InChI=1S/C15H21N3O/c1-9-5-10(2)18-15(14(9)7-16)17-8-13-6-11(3)19-12(13)4/h5,11-13H,6,8H2,1-4H3,(H,17,18). The van der Waals surface area contributed by atoms with Crippen molar-refractivity contribution >= 4 is 5.82 Å². The Hall–Kier alpha value is -1.60. The van der Waals surface area contributed by atoms with E-state index in [-0.39, 0.29) is 6.10 Å². The molecule has 0 saturated carbocycles. The molecule has 2 heterocycles. The number of ether oxygens (including phenoxy) is 1. The van der Waals surface area contributed by atoms with Gasteiger partial charge in [-0.25, -0.2) is 4.98 Å². The number of hydrogen-bond acceptors (Lipinski definition) is 4. The zero-order chi connectivity index (χ0) is 14.0. The molecule has 1 fully saturated rings. The van der Waals surface area contributed by atoms with Crippen LogP contribution < -0.4 is 5.32 Å². The van der Waals surface area contributed by atoms with Crippen LogP contribution in [-0.4, -0.2) is 23.7 Å². The molecule has 1 saturated heterocycles. The van der Waals surface area contributed by atoms with Gasteiger partial charge in [0.1, 0.15) is 11.9 Å². The Morgan fingerprint density at radius 2 is 2.21 bits per heavy atom. The van der Waals surface area contributed by atoms with Crippen molar-refractivity contribution in [2.75, 3.05) is 11.9 Å². The number of pyridine rings is 1. The highest BCUT2D eigenvalue weighted by molar-refractivity contribution is 5.56. The van der Waals surface area contributed by atoms with Crippen LogP contribution >= 0.6 is 0 Å². The quantitative estimate of drug-likeness (QED) is 0.906. The molecule has 1 aromatic heterocycles. The molecule has 3 unspecified atom stereocenters. The molecule has 0 aromatic carbocycles. The van der Waals surface area contributed by atoms with E-state index in [9.17, 15) is 5.26 Å². The van der Waals surface area contributed by atoms with Gasteiger partial charge in [-0.1, -0.05) is 0 Å². The van der Waals surface area contributed by atoms with Crippen molar-refractivity contribution in [3.8, 4) is 6.07 Å². The summed E-state index contributed by atoms with van der Waals surface area (Å²) in [6, 6.07) is 4.17. The average Bonchev–Trinajstić information content (AvgIpc) is 2.64. The van der Waals surface area contributed by atoms with Crippen LogP contribution in [0.2, 0.25) is 0 Å². The number of nitriles is 1. The molecule has 1 aliphatic heterocycles. The number of anilines is 1. The van der Waals surface area contributed by atoms with Crippen molar-refractivity contribution in [3.63, 3.8) is 0 Å². The van der Waals surface area contributed by atoms with Crippen molar-refractivity contribution in [1.29, 1.82) is 5.26 Å². The summed E-state index contributed by atoms with van der Waals surface area (Å²) < 4.78 is 5.74. The summed E-state index contributed by atoms with van der Waals surface area (Å²) in [5.41, 5.74) is 2.55. The molecule has 0 radical (unpaired) electrons. The van der Waals surface area contributed by atoms with E-state index >= 15 is 0 Å². The molecule has 2 rings (SSSR count). The summed E-state index contributed by atoms with van der Waals surface area (Å²) in [6.07, 6.45) is 1.64. The SMILES string of the molecule is Cc1cc(C)c(C#N)c(NCC2CC(C)OC2C)n1. The minimum Gasteiger partial charge on any atom is -0.375 e. The van der Waals surface area contributed by atoms with E-state index in [1.54, 1.807) is 0 Å². The van der Waals surface area contributed by atoms with Crippen LogP contribution in [-0.2, 0) is 4.74 Å². The van der Waals surface area contributed by atoms with Gasteiger partial charge in [0.05, 0.1) is 17.8 Å². The molecule has 19 heavy (non-hydrogen) atoms. The Balaban J connectivity index is 2.10. The molecule has 102 valence electrons. The summed E-state index contributed by atoms with van der Waals surface area (Å²) in [7, 11) is 0. The molecule has 0 aliphatic carbocycles. The maximum absolute atomic E-state index is 9.22. The highest BCUT2D eigenvalue weighted by Gasteiger charge is 2.29. The van der Waals surface area contributed by atoms with Gasteiger partial charge in [0.15, 0.2) is 0 Å². The Morgan fingerprint density at radius 3 is 2.79 bits per heavy atom. The van der Waals surface area contributed by atoms with Crippen LogP contribution in [0.25, 0.3) is 0 Å². The van der Waals surface area contributed by atoms with Gasteiger partial charge >= 0.3 is 0 Å². The maximum Gasteiger partial charge on any atom is 0.144 e. The first kappa shape index (κ1) is 13.8. The Kier molecular flexibility index (Phi) is 4.06. The number of aryl methyl sites for hydroxylation is 2. The van der Waals surface area contributed by atoms with Crippen LogP contribution in [0, 0.1) is 31.1 Å². The van der Waals surface area contributed by atoms with E-state index in [4.69, 9.17) is 4.74 Å². The van der Waals surface area contributed by atoms with Gasteiger partial charge in [-0.05, 0) is 45.7 Å². The van der Waals surface area contributed by atoms with E-state index < -0.39 is 0 Å². The van der Waals surface area contributed by atoms with E-state index in [0.717, 1.165) is 24.2 Å². The van der Waals surface area contributed by atoms with Gasteiger partial charge in [-0.2, -0.15) is 5.26 Å². The minimum atomic E-state index is 0.263. The van der Waals surface area contributed by atoms with Crippen molar-refractivity contribution < 1.29 is 4.74 Å². The van der Waals surface area contributed by atoms with E-state index in [1.165, 1.54) is 0 Å². The van der Waals surface area contributed by atoms with Crippen LogP contribution in [0.4, 0.5) is 5.82 Å². The molecule has 4 heteroatoms. The summed E-state index contributed by atoms with van der Waals surface area (Å²) >= 11 is 0. The molecular formula is C15H21N3O. The largest absolute Gasteiger partial charge is 0.375 e. The second kappa shape index (κ2) is 5.58. The molecule has 4 nitrogen and oxygen atoms in total. The van der Waals surface area contributed by atoms with Crippen LogP contribution in [0.1, 0.15) is 37.1 Å². The van der Waals surface area contributed by atoms with Crippen molar-refractivity contribution in [3.05, 3.63) is 22.9 Å². The summed E-state index contributed by atoms with van der Waals surface area (Å²) in [6.45, 7) is 8.91. The zero-order valence-electron chi connectivity index (χ0n) is 12.0. The molecule has 1 aliphatic rings. The summed E-state index contributed by atoms with van der Waals surface area (Å²) in [5, 5.41) is 12.5. The normalized spacial score (nSPS) is 26.2. The first-order valence-electron chi connectivity index (χ1n) is 6.79. The van der Waals surface area contributed by atoms with E-state index in [0.29, 0.717) is 23.4 Å². The molecule has 1 N–H and O–H groups in total. The average molecular weight is 259 g/mol. The summed E-state index contributed by atoms with van der Waals surface area (Å²) in [5.74, 6) is 1.18. The molecule has 1 aromatic rings. The first-order chi connectivity index (χ1) is 9.01. The van der Waals surface area contributed by atoms with Gasteiger partial charge in [-0.15, -0.1) is 0 Å². The van der Waals surface area contributed by atoms with Crippen LogP contribution in [0.5, 0.6) is 0 Å². The highest BCUT2D eigenvalue weighted by Crippen LogP contribution is 2.27. The van der Waals surface area contributed by atoms with Gasteiger partial charge in [-0.3, -0.25) is 0 Å². The van der Waals surface area contributed by atoms with Gasteiger partial charge < -0.3 is 10.1 Å². The number of rotatable bonds is 3. The Morgan fingerprint density at radius 1 is 1.47 bits per heavy atom. The number of nitrogens with one attached hydrogen (secondary N) is 1. The van der Waals surface area contributed by atoms with Crippen LogP contribution in [0.3, 0.4) is 0 Å². The Bertz CT molecular complexity index is 507. The predicted molar refractivity (Wildman–Crippen MR) is 75.0 cm³/mol. The van der Waals surface area contributed by atoms with Crippen LogP contribution in [0.15, 0.2) is 6.07 Å². The lowest BCUT2D eigenvalue weighted by Crippen LogP contribution is -2.21. The number of nitrogens with zero attached hydrogens (tertiary/aromatic N) is 2. The van der Waals surface area contributed by atoms with Gasteiger partial charge in [0.25, 0.3) is 0 Å². The molecule has 0 bridgehead atoms. The van der Waals surface area contributed by atoms with Crippen molar-refractivity contribution in [2.24, 2.45) is 5.92 Å². The summed E-state index contributed by atoms with van der Waals surface area (Å²) in [4.78, 5) is 4.44. The third-order valence-electron chi connectivity index (χ3n) is 3.73. The molecule has 0 spiro atoms. The maximum atomic E-state index is 9.22. The molecular weight excluding hydrogens is 238 g/mol. The van der Waals surface area contributed by atoms with Gasteiger partial charge in [0, 0.05) is 18.2 Å². The zero-order valence-corrected chi connectivity index (χ0v) is 12.0. The fourth-order valence-electron chi connectivity index (χ4n) is 2.73. The lowest BCUT2D eigenvalue weighted by atomic mass is 10.0. The third kappa shape index (κ3) is 3.05. The fourth-order valence-corrected chi connectivity index (χ4v) is 2.73. The van der Waals surface area contributed by atoms with Crippen molar-refractivity contribution in [2.45, 2.75) is 46.3 Å². The number of hydrogen-bond donors (Lipinski definition) is 1. The van der Waals surface area contributed by atoms with E-state index in [2.05, 4.69) is 30.2 Å². The highest BCUT2D eigenvalue weighted by atomic mass is 16.5. The topological polar surface area (TPSA) is 57.9 Å². The van der Waals surface area contributed by atoms with Crippen molar-refractivity contribution in [1.82, 2.24) is 4.98 Å². The Labute approximate surface area is 114 Å². The van der Waals surface area contributed by atoms with E-state index in [1.807, 2.05) is 19.9 Å². The lowest BCUT2D eigenvalue weighted by molar-refractivity contribution is 0.0574. The van der Waals surface area contributed by atoms with Gasteiger partial charge in [0.2, 0.25) is 0 Å².